The topological polar surface area (TPSA) is 33.2 Å². The molecule has 0 aromatic carbocycles. The largest absolute Gasteiger partial charge is 0.357 e. The lowest BCUT2D eigenvalue weighted by Gasteiger charge is -2.39. The van der Waals surface area contributed by atoms with Crippen molar-refractivity contribution in [3.05, 3.63) is 23.9 Å². The Morgan fingerprint density at radius 3 is 2.32 bits per heavy atom. The van der Waals surface area contributed by atoms with Gasteiger partial charge in [-0.2, -0.15) is 0 Å². The van der Waals surface area contributed by atoms with E-state index in [1.807, 2.05) is 12.1 Å². The number of carbonyl (C=O) groups is 1. The second-order valence-electron chi connectivity index (χ2n) is 6.59. The summed E-state index contributed by atoms with van der Waals surface area (Å²) in [5.41, 5.74) is 1.09. The molecule has 0 aliphatic carbocycles. The number of anilines is 1. The first kappa shape index (κ1) is 14.0. The van der Waals surface area contributed by atoms with E-state index in [2.05, 4.69) is 30.7 Å². The quantitative estimate of drug-likeness (QED) is 0.762. The molecule has 1 fully saturated rings. The molecule has 1 aromatic rings. The van der Waals surface area contributed by atoms with E-state index in [1.165, 1.54) is 12.8 Å². The molecule has 1 aliphatic heterocycles. The molecule has 2 heterocycles. The molecule has 0 spiro atoms. The molecule has 3 nitrogen and oxygen atoms in total. The van der Waals surface area contributed by atoms with Crippen molar-refractivity contribution in [1.29, 1.82) is 0 Å². The molecular formula is C16H24N2O. The van der Waals surface area contributed by atoms with E-state index in [-0.39, 0.29) is 5.78 Å². The highest BCUT2D eigenvalue weighted by Gasteiger charge is 2.29. The number of aromatic nitrogens is 1. The number of pyridine rings is 1. The predicted octanol–water partition coefficient (Wildman–Crippen LogP) is 3.55. The van der Waals surface area contributed by atoms with Gasteiger partial charge in [-0.25, -0.2) is 4.98 Å². The molecule has 0 saturated carbocycles. The van der Waals surface area contributed by atoms with Gasteiger partial charge in [0.05, 0.1) is 0 Å². The minimum absolute atomic E-state index is 0.0745. The van der Waals surface area contributed by atoms with Gasteiger partial charge in [0, 0.05) is 24.8 Å². The summed E-state index contributed by atoms with van der Waals surface area (Å²) < 4.78 is 0. The molecule has 0 N–H and O–H groups in total. The number of carbonyl (C=O) groups excluding carboxylic acids is 1. The number of Topliss-reactive ketones (excluding diaryl/α,β-unsaturated/α-hetero) is 1. The van der Waals surface area contributed by atoms with E-state index in [4.69, 9.17) is 0 Å². The van der Waals surface area contributed by atoms with Gasteiger partial charge in [0.1, 0.15) is 5.82 Å². The van der Waals surface area contributed by atoms with Crippen molar-refractivity contribution in [3.63, 3.8) is 0 Å². The van der Waals surface area contributed by atoms with Crippen molar-refractivity contribution >= 4 is 11.6 Å². The third kappa shape index (κ3) is 3.34. The lowest BCUT2D eigenvalue weighted by atomic mass is 9.75. The van der Waals surface area contributed by atoms with Crippen LogP contribution in [0.5, 0.6) is 0 Å². The molecule has 0 amide bonds. The number of rotatable bonds is 2. The third-order valence-electron chi connectivity index (χ3n) is 4.20. The number of piperidine rings is 1. The smallest absolute Gasteiger partial charge is 0.161 e. The molecule has 2 rings (SSSR count). The van der Waals surface area contributed by atoms with Gasteiger partial charge in [0.25, 0.3) is 0 Å². The third-order valence-corrected chi connectivity index (χ3v) is 4.20. The minimum atomic E-state index is 0.0745. The number of hydrogen-bond donors (Lipinski definition) is 0. The van der Waals surface area contributed by atoms with Crippen molar-refractivity contribution in [2.45, 2.75) is 40.5 Å². The van der Waals surface area contributed by atoms with Crippen molar-refractivity contribution < 1.29 is 4.79 Å². The van der Waals surface area contributed by atoms with Crippen molar-refractivity contribution in [2.24, 2.45) is 11.3 Å². The number of ketones is 1. The molecule has 0 atom stereocenters. The van der Waals surface area contributed by atoms with Gasteiger partial charge < -0.3 is 4.90 Å². The van der Waals surface area contributed by atoms with Gasteiger partial charge in [-0.3, -0.25) is 4.79 Å². The summed E-state index contributed by atoms with van der Waals surface area (Å²) in [4.78, 5) is 18.0. The van der Waals surface area contributed by atoms with E-state index in [0.717, 1.165) is 24.8 Å². The highest BCUT2D eigenvalue weighted by Crippen LogP contribution is 2.35. The first-order chi connectivity index (χ1) is 8.88. The molecule has 0 bridgehead atoms. The minimum Gasteiger partial charge on any atom is -0.357 e. The maximum absolute atomic E-state index is 11.2. The Labute approximate surface area is 116 Å². The van der Waals surface area contributed by atoms with Crippen molar-refractivity contribution in [3.8, 4) is 0 Å². The SMILES string of the molecule is CC(=O)c1ccc(N2CCC(C(C)(C)C)CC2)nc1. The molecule has 1 aromatic heterocycles. The van der Waals surface area contributed by atoms with E-state index < -0.39 is 0 Å². The number of hydrogen-bond acceptors (Lipinski definition) is 3. The molecule has 0 radical (unpaired) electrons. The van der Waals surface area contributed by atoms with Crippen LogP contribution in [0.25, 0.3) is 0 Å². The summed E-state index contributed by atoms with van der Waals surface area (Å²) in [6.07, 6.45) is 4.13. The molecule has 0 unspecified atom stereocenters. The fraction of sp³-hybridized carbons (Fsp3) is 0.625. The van der Waals surface area contributed by atoms with E-state index in [9.17, 15) is 4.79 Å². The van der Waals surface area contributed by atoms with Crippen LogP contribution >= 0.6 is 0 Å². The Hall–Kier alpha value is -1.38. The average molecular weight is 260 g/mol. The fourth-order valence-corrected chi connectivity index (χ4v) is 2.76. The zero-order valence-electron chi connectivity index (χ0n) is 12.4. The lowest BCUT2D eigenvalue weighted by molar-refractivity contribution is 0.101. The van der Waals surface area contributed by atoms with Crippen LogP contribution in [0, 0.1) is 11.3 Å². The Balaban J connectivity index is 2.00. The van der Waals surface area contributed by atoms with Gasteiger partial charge >= 0.3 is 0 Å². The van der Waals surface area contributed by atoms with E-state index in [0.29, 0.717) is 11.0 Å². The standard InChI is InChI=1S/C16H24N2O/c1-12(19)13-5-6-15(17-11-13)18-9-7-14(8-10-18)16(2,3)4/h5-6,11,14H,7-10H2,1-4H3. The summed E-state index contributed by atoms with van der Waals surface area (Å²) in [5, 5.41) is 0. The molecule has 1 aliphatic rings. The van der Waals surface area contributed by atoms with Crippen LogP contribution in [0.2, 0.25) is 0 Å². The first-order valence-electron chi connectivity index (χ1n) is 7.10. The highest BCUT2D eigenvalue weighted by atomic mass is 16.1. The zero-order chi connectivity index (χ0) is 14.0. The van der Waals surface area contributed by atoms with Crippen molar-refractivity contribution in [1.82, 2.24) is 4.98 Å². The fourth-order valence-electron chi connectivity index (χ4n) is 2.76. The summed E-state index contributed by atoms with van der Waals surface area (Å²) in [6, 6.07) is 3.84. The summed E-state index contributed by atoms with van der Waals surface area (Å²) in [7, 11) is 0. The monoisotopic (exact) mass is 260 g/mol. The molecule has 104 valence electrons. The molecule has 19 heavy (non-hydrogen) atoms. The second-order valence-corrected chi connectivity index (χ2v) is 6.59. The molecule has 1 saturated heterocycles. The lowest BCUT2D eigenvalue weighted by Crippen LogP contribution is -2.38. The molecular weight excluding hydrogens is 236 g/mol. The van der Waals surface area contributed by atoms with Crippen LogP contribution in [0.1, 0.15) is 50.9 Å². The highest BCUT2D eigenvalue weighted by molar-refractivity contribution is 5.93. The average Bonchev–Trinajstić information content (AvgIpc) is 2.38. The van der Waals surface area contributed by atoms with Crippen molar-refractivity contribution in [2.75, 3.05) is 18.0 Å². The maximum Gasteiger partial charge on any atom is 0.161 e. The zero-order valence-corrected chi connectivity index (χ0v) is 12.4. The maximum atomic E-state index is 11.2. The van der Waals surface area contributed by atoms with Gasteiger partial charge in [0.2, 0.25) is 0 Å². The van der Waals surface area contributed by atoms with Gasteiger partial charge in [-0.15, -0.1) is 0 Å². The van der Waals surface area contributed by atoms with E-state index in [1.54, 1.807) is 13.1 Å². The summed E-state index contributed by atoms with van der Waals surface area (Å²) >= 11 is 0. The summed E-state index contributed by atoms with van der Waals surface area (Å²) in [6.45, 7) is 10.7. The van der Waals surface area contributed by atoms with Crippen LogP contribution in [0.3, 0.4) is 0 Å². The molecule has 3 heteroatoms. The normalized spacial score (nSPS) is 17.6. The Bertz CT molecular complexity index is 437. The Morgan fingerprint density at radius 2 is 1.89 bits per heavy atom. The Morgan fingerprint density at radius 1 is 1.26 bits per heavy atom. The van der Waals surface area contributed by atoms with E-state index >= 15 is 0 Å². The van der Waals surface area contributed by atoms with Crippen LogP contribution in [-0.4, -0.2) is 23.9 Å². The van der Waals surface area contributed by atoms with Gasteiger partial charge in [-0.05, 0) is 43.2 Å². The van der Waals surface area contributed by atoms with Gasteiger partial charge in [0.15, 0.2) is 5.78 Å². The van der Waals surface area contributed by atoms with Crippen LogP contribution in [-0.2, 0) is 0 Å². The summed E-state index contributed by atoms with van der Waals surface area (Å²) in [5.74, 6) is 1.86. The van der Waals surface area contributed by atoms with Gasteiger partial charge in [-0.1, -0.05) is 20.8 Å². The Kier molecular flexibility index (Phi) is 3.93. The van der Waals surface area contributed by atoms with Crippen LogP contribution in [0.4, 0.5) is 5.82 Å². The first-order valence-corrected chi connectivity index (χ1v) is 7.10. The number of nitrogens with zero attached hydrogens (tertiary/aromatic N) is 2. The van der Waals surface area contributed by atoms with Crippen LogP contribution in [0.15, 0.2) is 18.3 Å². The second kappa shape index (κ2) is 5.32. The van der Waals surface area contributed by atoms with Crippen LogP contribution < -0.4 is 4.90 Å². The predicted molar refractivity (Wildman–Crippen MR) is 78.6 cm³/mol.